The lowest BCUT2D eigenvalue weighted by Crippen LogP contribution is -2.16. The van der Waals surface area contributed by atoms with Gasteiger partial charge in [-0.1, -0.05) is 74.5 Å². The molecule has 30 heavy (non-hydrogen) atoms. The first-order chi connectivity index (χ1) is 14.9. The van der Waals surface area contributed by atoms with E-state index in [0.29, 0.717) is 5.56 Å². The fraction of sp³-hybridized carbons (Fsp3) is 0.0741. The van der Waals surface area contributed by atoms with E-state index in [2.05, 4.69) is 35.2 Å². The Hall–Kier alpha value is -4.03. The van der Waals surface area contributed by atoms with Gasteiger partial charge in [-0.05, 0) is 36.4 Å². The number of hydrogen-bond acceptors (Lipinski definition) is 3. The van der Waals surface area contributed by atoms with E-state index in [9.17, 15) is 5.26 Å². The van der Waals surface area contributed by atoms with Gasteiger partial charge < -0.3 is 9.64 Å². The summed E-state index contributed by atoms with van der Waals surface area (Å²) in [5.41, 5.74) is 5.54. The second-order valence-electron chi connectivity index (χ2n) is 6.55. The van der Waals surface area contributed by atoms with Crippen molar-refractivity contribution in [1.29, 1.82) is 5.26 Å². The van der Waals surface area contributed by atoms with Crippen molar-refractivity contribution < 1.29 is 4.74 Å². The summed E-state index contributed by atoms with van der Waals surface area (Å²) < 4.78 is 6.13. The van der Waals surface area contributed by atoms with Gasteiger partial charge in [0.2, 0.25) is 0 Å². The van der Waals surface area contributed by atoms with Gasteiger partial charge in [-0.25, -0.2) is 0 Å². The van der Waals surface area contributed by atoms with Gasteiger partial charge in [0.15, 0.2) is 11.5 Å². The van der Waals surface area contributed by atoms with Crippen LogP contribution in [-0.2, 0) is 0 Å². The number of ether oxygens (including phenoxy) is 1. The number of hydrogen-bond donors (Lipinski definition) is 0. The molecule has 0 amide bonds. The summed E-state index contributed by atoms with van der Waals surface area (Å²) in [4.78, 5) is 2.21. The maximum absolute atomic E-state index is 9.61. The third-order valence-electron chi connectivity index (χ3n) is 4.91. The Morgan fingerprint density at radius 2 is 1.07 bits per heavy atom. The first kappa shape index (κ1) is 19.3. The number of fused-ring (bicyclic) bond motifs is 2. The minimum absolute atomic E-state index is 0.657. The molecule has 4 aromatic carbocycles. The largest absolute Gasteiger partial charge is 0.453 e. The Kier molecular flexibility index (Phi) is 5.50. The summed E-state index contributed by atoms with van der Waals surface area (Å²) in [5, 5.41) is 9.61. The lowest BCUT2D eigenvalue weighted by Gasteiger charge is -2.34. The molecule has 0 bridgehead atoms. The molecule has 3 heteroatoms. The van der Waals surface area contributed by atoms with Gasteiger partial charge in [0.05, 0.1) is 28.7 Å². The molecule has 0 saturated carbocycles. The topological polar surface area (TPSA) is 36.3 Å². The van der Waals surface area contributed by atoms with Gasteiger partial charge in [-0.15, -0.1) is 0 Å². The number of nitrogens with zero attached hydrogens (tertiary/aromatic N) is 2. The quantitative estimate of drug-likeness (QED) is 0.308. The summed E-state index contributed by atoms with van der Waals surface area (Å²) in [6.45, 7) is 4.00. The molecule has 0 unspecified atom stereocenters. The molecular formula is C27H22N2O. The molecule has 3 nitrogen and oxygen atoms in total. The lowest BCUT2D eigenvalue weighted by atomic mass is 9.97. The van der Waals surface area contributed by atoms with Crippen LogP contribution in [-0.4, -0.2) is 0 Å². The highest BCUT2D eigenvalue weighted by Gasteiger charge is 2.27. The molecule has 0 aliphatic carbocycles. The molecule has 4 aromatic rings. The first-order valence-electron chi connectivity index (χ1n) is 10.1. The third kappa shape index (κ3) is 3.29. The van der Waals surface area contributed by atoms with Crippen molar-refractivity contribution >= 4 is 17.1 Å². The van der Waals surface area contributed by atoms with Gasteiger partial charge >= 0.3 is 0 Å². The van der Waals surface area contributed by atoms with Crippen molar-refractivity contribution in [2.45, 2.75) is 13.8 Å². The van der Waals surface area contributed by atoms with Gasteiger partial charge in [0, 0.05) is 11.1 Å². The maximum atomic E-state index is 9.61. The first-order valence-corrected chi connectivity index (χ1v) is 10.1. The molecule has 1 heterocycles. The van der Waals surface area contributed by atoms with Crippen LogP contribution >= 0.6 is 0 Å². The zero-order valence-electron chi connectivity index (χ0n) is 17.0. The Morgan fingerprint density at radius 1 is 0.600 bits per heavy atom. The van der Waals surface area contributed by atoms with E-state index in [0.717, 1.165) is 39.7 Å². The van der Waals surface area contributed by atoms with Gasteiger partial charge in [0.1, 0.15) is 0 Å². The van der Waals surface area contributed by atoms with E-state index in [4.69, 9.17) is 4.74 Å². The normalized spacial score (nSPS) is 11.2. The fourth-order valence-electron chi connectivity index (χ4n) is 3.68. The van der Waals surface area contributed by atoms with Crippen molar-refractivity contribution in [3.8, 4) is 28.7 Å². The van der Waals surface area contributed by atoms with Crippen LogP contribution < -0.4 is 9.64 Å². The highest BCUT2D eigenvalue weighted by Crippen LogP contribution is 2.52. The Balaban J connectivity index is 0.00000106. The van der Waals surface area contributed by atoms with Crippen molar-refractivity contribution in [2.24, 2.45) is 0 Å². The van der Waals surface area contributed by atoms with E-state index in [-0.39, 0.29) is 0 Å². The standard InChI is InChI=1S/C25H16N2O.C2H6/c26-17-18-9-1-2-10-19(18)20-11-3-4-12-21(20)27-22-13-5-7-15-24(22)28-25-16-8-6-14-23(25)27;1-2/h1-16H;1-2H3. The summed E-state index contributed by atoms with van der Waals surface area (Å²) in [5.74, 6) is 1.62. The maximum Gasteiger partial charge on any atom is 0.151 e. The van der Waals surface area contributed by atoms with Crippen LogP contribution in [0.1, 0.15) is 19.4 Å². The Morgan fingerprint density at radius 3 is 1.67 bits per heavy atom. The van der Waals surface area contributed by atoms with E-state index in [1.807, 2.05) is 86.6 Å². The van der Waals surface area contributed by atoms with Crippen molar-refractivity contribution in [2.75, 3.05) is 4.90 Å². The smallest absolute Gasteiger partial charge is 0.151 e. The Bertz CT molecular complexity index is 1180. The average Bonchev–Trinajstić information content (AvgIpc) is 2.84. The second kappa shape index (κ2) is 8.55. The van der Waals surface area contributed by atoms with E-state index in [1.165, 1.54) is 0 Å². The molecule has 0 spiro atoms. The van der Waals surface area contributed by atoms with Crippen LogP contribution in [0.4, 0.5) is 17.1 Å². The van der Waals surface area contributed by atoms with Crippen LogP contribution in [0, 0.1) is 11.3 Å². The highest BCUT2D eigenvalue weighted by molar-refractivity contribution is 5.93. The van der Waals surface area contributed by atoms with Crippen molar-refractivity contribution in [3.63, 3.8) is 0 Å². The molecule has 0 saturated heterocycles. The molecule has 1 aliphatic heterocycles. The summed E-state index contributed by atoms with van der Waals surface area (Å²) >= 11 is 0. The summed E-state index contributed by atoms with van der Waals surface area (Å²) in [7, 11) is 0. The molecule has 0 atom stereocenters. The van der Waals surface area contributed by atoms with Gasteiger partial charge in [0.25, 0.3) is 0 Å². The number of para-hydroxylation sites is 5. The SMILES string of the molecule is CC.N#Cc1ccccc1-c1ccccc1N1c2ccccc2Oc2ccccc21. The van der Waals surface area contributed by atoms with Gasteiger partial charge in [-0.2, -0.15) is 5.26 Å². The zero-order chi connectivity index (χ0) is 20.9. The minimum Gasteiger partial charge on any atom is -0.453 e. The minimum atomic E-state index is 0.657. The van der Waals surface area contributed by atoms with Crippen LogP contribution in [0.2, 0.25) is 0 Å². The van der Waals surface area contributed by atoms with E-state index < -0.39 is 0 Å². The van der Waals surface area contributed by atoms with Crippen LogP contribution in [0.15, 0.2) is 97.1 Å². The lowest BCUT2D eigenvalue weighted by molar-refractivity contribution is 0.477. The molecule has 146 valence electrons. The zero-order valence-corrected chi connectivity index (χ0v) is 17.0. The summed E-state index contributed by atoms with van der Waals surface area (Å²) in [6, 6.07) is 34.2. The molecule has 0 N–H and O–H groups in total. The second-order valence-corrected chi connectivity index (χ2v) is 6.55. The highest BCUT2D eigenvalue weighted by atomic mass is 16.5. The van der Waals surface area contributed by atoms with E-state index in [1.54, 1.807) is 0 Å². The van der Waals surface area contributed by atoms with Crippen LogP contribution in [0.3, 0.4) is 0 Å². The third-order valence-corrected chi connectivity index (χ3v) is 4.91. The average molecular weight is 390 g/mol. The predicted molar refractivity (Wildman–Crippen MR) is 123 cm³/mol. The summed E-state index contributed by atoms with van der Waals surface area (Å²) in [6.07, 6.45) is 0. The monoisotopic (exact) mass is 390 g/mol. The Labute approximate surface area is 177 Å². The molecule has 0 fully saturated rings. The molecule has 5 rings (SSSR count). The number of rotatable bonds is 2. The number of nitriles is 1. The number of benzene rings is 4. The predicted octanol–water partition coefficient (Wildman–Crippen LogP) is 7.83. The molecule has 0 radical (unpaired) electrons. The molecular weight excluding hydrogens is 368 g/mol. The van der Waals surface area contributed by atoms with Crippen molar-refractivity contribution in [3.05, 3.63) is 103 Å². The molecule has 1 aliphatic rings. The van der Waals surface area contributed by atoms with Crippen molar-refractivity contribution in [1.82, 2.24) is 0 Å². The molecule has 0 aromatic heterocycles. The van der Waals surface area contributed by atoms with Gasteiger partial charge in [-0.3, -0.25) is 0 Å². The van der Waals surface area contributed by atoms with Crippen LogP contribution in [0.25, 0.3) is 11.1 Å². The fourth-order valence-corrected chi connectivity index (χ4v) is 3.68. The van der Waals surface area contributed by atoms with Crippen LogP contribution in [0.5, 0.6) is 11.5 Å². The number of anilines is 3. The van der Waals surface area contributed by atoms with E-state index >= 15 is 0 Å².